The Kier molecular flexibility index (Phi) is 13.0. The molecule has 90 heavy (non-hydrogen) atoms. The largest absolute Gasteiger partial charge is 0.310 e. The summed E-state index contributed by atoms with van der Waals surface area (Å²) in [7, 11) is 0. The standard InChI is InChI=1S/C88H62N2/c1-4-21-60(22-5-1)63-41-49-69(50-42-63)89(70-51-43-64(44-52-70)61-23-6-2-7-24-61)73-29-18-27-67(57-73)88(85-39-16-14-35-80(85)76-31-10-11-32-77(76)81-36-15-17-40-86(81)88)68-28-19-30-74(58-68)90(71-53-45-65(46-54-71)62-25-8-3-9-26-62)72-55-47-66(48-56-72)75-37-20-38-82-78-33-12-13-34-79(78)83-59-84(83)87(75)82/h1-58,83-84H,59H2. The average Bonchev–Trinajstić information content (AvgIpc) is 1.46. The van der Waals surface area contributed by atoms with Crippen LogP contribution < -0.4 is 9.80 Å². The van der Waals surface area contributed by atoms with Crippen molar-refractivity contribution in [1.29, 1.82) is 0 Å². The van der Waals surface area contributed by atoms with Crippen LogP contribution in [-0.2, 0) is 5.41 Å². The van der Waals surface area contributed by atoms with Crippen LogP contribution in [0.3, 0.4) is 0 Å². The van der Waals surface area contributed by atoms with Gasteiger partial charge in [0, 0.05) is 34.1 Å². The van der Waals surface area contributed by atoms with Gasteiger partial charge in [-0.2, -0.15) is 0 Å². The second-order valence-corrected chi connectivity index (χ2v) is 24.2. The summed E-state index contributed by atoms with van der Waals surface area (Å²) in [6, 6.07) is 131. The summed E-state index contributed by atoms with van der Waals surface area (Å²) in [5.74, 6) is 1.14. The first-order valence-electron chi connectivity index (χ1n) is 31.5. The maximum absolute atomic E-state index is 2.48. The molecule has 2 atom stereocenters. The number of hydrogen-bond acceptors (Lipinski definition) is 2. The lowest BCUT2D eigenvalue weighted by Crippen LogP contribution is -2.32. The second kappa shape index (κ2) is 22.1. The minimum Gasteiger partial charge on any atom is -0.310 e. The predicted molar refractivity (Wildman–Crippen MR) is 376 cm³/mol. The number of fused-ring (bicyclic) bond motifs is 11. The summed E-state index contributed by atoms with van der Waals surface area (Å²) >= 11 is 0. The molecule has 0 radical (unpaired) electrons. The van der Waals surface area contributed by atoms with Crippen molar-refractivity contribution in [2.24, 2.45) is 0 Å². The molecule has 0 spiro atoms. The molecule has 2 heteroatoms. The fraction of sp³-hybridized carbons (Fsp3) is 0.0455. The number of anilines is 6. The molecule has 0 bridgehead atoms. The van der Waals surface area contributed by atoms with Gasteiger partial charge in [0.05, 0.1) is 5.41 Å². The van der Waals surface area contributed by atoms with E-state index in [0.717, 1.165) is 45.3 Å². The van der Waals surface area contributed by atoms with Crippen molar-refractivity contribution in [3.05, 3.63) is 385 Å². The Labute approximate surface area is 527 Å². The SMILES string of the molecule is c1ccc(-c2ccc(N(c3ccc(-c4ccccc4)cc3)c3cccc(C4(c5cccc(N(c6ccc(-c7ccccc7)cc6)c6ccc(-c7cccc8c7C7CC7c7ccccc7-8)cc6)c5)c5ccccc5-c5ccccc5-c5ccccc54)c3)cc2)cc1. The zero-order valence-corrected chi connectivity index (χ0v) is 49.7. The quantitative estimate of drug-likeness (QED) is 0.120. The third-order valence-electron chi connectivity index (χ3n) is 19.3. The van der Waals surface area contributed by atoms with Gasteiger partial charge in [-0.1, -0.05) is 279 Å². The first-order chi connectivity index (χ1) is 44.6. The Morgan fingerprint density at radius 1 is 0.222 bits per heavy atom. The van der Waals surface area contributed by atoms with Crippen LogP contribution in [0.2, 0.25) is 0 Å². The molecule has 2 nitrogen and oxygen atoms in total. The molecular weight excluding hydrogens is 1080 g/mol. The van der Waals surface area contributed by atoms with Gasteiger partial charge in [0.25, 0.3) is 0 Å². The third-order valence-corrected chi connectivity index (χ3v) is 19.3. The first kappa shape index (κ1) is 53.0. The van der Waals surface area contributed by atoms with E-state index in [2.05, 4.69) is 362 Å². The molecular formula is C88H62N2. The third kappa shape index (κ3) is 9.02. The fourth-order valence-electron chi connectivity index (χ4n) is 15.1. The smallest absolute Gasteiger partial charge is 0.0715 e. The van der Waals surface area contributed by atoms with Crippen molar-refractivity contribution in [2.75, 3.05) is 9.80 Å². The van der Waals surface area contributed by atoms with Crippen LogP contribution in [0.15, 0.2) is 352 Å². The van der Waals surface area contributed by atoms with Crippen LogP contribution in [-0.4, -0.2) is 0 Å². The number of hydrogen-bond donors (Lipinski definition) is 0. The Morgan fingerprint density at radius 2 is 0.556 bits per heavy atom. The Bertz CT molecular complexity index is 4810. The molecule has 1 saturated carbocycles. The van der Waals surface area contributed by atoms with Crippen molar-refractivity contribution in [3.63, 3.8) is 0 Å². The summed E-state index contributed by atoms with van der Waals surface area (Å²) in [6.45, 7) is 0. The van der Waals surface area contributed by atoms with E-state index in [1.807, 2.05) is 0 Å². The van der Waals surface area contributed by atoms with Crippen LogP contribution in [0.4, 0.5) is 34.1 Å². The van der Waals surface area contributed by atoms with E-state index >= 15 is 0 Å². The van der Waals surface area contributed by atoms with Gasteiger partial charge in [0.1, 0.15) is 0 Å². The van der Waals surface area contributed by atoms with Gasteiger partial charge in [-0.25, -0.2) is 0 Å². The number of benzene rings is 14. The van der Waals surface area contributed by atoms with E-state index in [-0.39, 0.29) is 0 Å². The zero-order chi connectivity index (χ0) is 59.5. The van der Waals surface area contributed by atoms with Gasteiger partial charge >= 0.3 is 0 Å². The van der Waals surface area contributed by atoms with E-state index in [1.165, 1.54) is 107 Å². The maximum Gasteiger partial charge on any atom is 0.0715 e. The topological polar surface area (TPSA) is 6.48 Å². The van der Waals surface area contributed by atoms with E-state index < -0.39 is 5.41 Å². The Morgan fingerprint density at radius 3 is 1.00 bits per heavy atom. The van der Waals surface area contributed by atoms with Crippen molar-refractivity contribution in [1.82, 2.24) is 0 Å². The monoisotopic (exact) mass is 1150 g/mol. The number of nitrogens with zero attached hydrogens (tertiary/aromatic N) is 2. The normalized spacial score (nSPS) is 14.5. The molecule has 2 unspecified atom stereocenters. The van der Waals surface area contributed by atoms with Crippen molar-refractivity contribution < 1.29 is 0 Å². The van der Waals surface area contributed by atoms with Crippen molar-refractivity contribution in [3.8, 4) is 77.9 Å². The molecule has 1 fully saturated rings. The van der Waals surface area contributed by atoms with Crippen molar-refractivity contribution >= 4 is 34.1 Å². The molecule has 424 valence electrons. The van der Waals surface area contributed by atoms with E-state index in [0.29, 0.717) is 11.8 Å². The zero-order valence-electron chi connectivity index (χ0n) is 49.7. The van der Waals surface area contributed by atoms with Gasteiger partial charge in [0.15, 0.2) is 0 Å². The van der Waals surface area contributed by atoms with E-state index in [1.54, 1.807) is 0 Å². The summed E-state index contributed by atoms with van der Waals surface area (Å²) < 4.78 is 0. The summed E-state index contributed by atoms with van der Waals surface area (Å²) in [6.07, 6.45) is 1.21. The average molecular weight is 1150 g/mol. The van der Waals surface area contributed by atoms with Crippen LogP contribution >= 0.6 is 0 Å². The highest BCUT2D eigenvalue weighted by Crippen LogP contribution is 2.64. The summed E-state index contributed by atoms with van der Waals surface area (Å²) in [5.41, 5.74) is 30.6. The highest BCUT2D eigenvalue weighted by atomic mass is 15.1. The van der Waals surface area contributed by atoms with E-state index in [4.69, 9.17) is 0 Å². The van der Waals surface area contributed by atoms with E-state index in [9.17, 15) is 0 Å². The summed E-state index contributed by atoms with van der Waals surface area (Å²) in [4.78, 5) is 4.89. The van der Waals surface area contributed by atoms with Crippen LogP contribution in [0.25, 0.3) is 77.9 Å². The highest BCUT2D eigenvalue weighted by Gasteiger charge is 2.47. The molecule has 3 aliphatic carbocycles. The van der Waals surface area contributed by atoms with Crippen LogP contribution in [0.1, 0.15) is 51.6 Å². The number of rotatable bonds is 12. The van der Waals surface area contributed by atoms with Gasteiger partial charge < -0.3 is 9.80 Å². The molecule has 0 aliphatic heterocycles. The lowest BCUT2D eigenvalue weighted by atomic mass is 9.63. The van der Waals surface area contributed by atoms with Gasteiger partial charge in [-0.05, 0) is 202 Å². The lowest BCUT2D eigenvalue weighted by Gasteiger charge is -2.39. The van der Waals surface area contributed by atoms with Gasteiger partial charge in [0.2, 0.25) is 0 Å². The molecule has 17 rings (SSSR count). The highest BCUT2D eigenvalue weighted by molar-refractivity contribution is 5.94. The molecule has 0 amide bonds. The molecule has 0 saturated heterocycles. The molecule has 0 N–H and O–H groups in total. The predicted octanol–water partition coefficient (Wildman–Crippen LogP) is 23.6. The van der Waals surface area contributed by atoms with Gasteiger partial charge in [-0.15, -0.1) is 0 Å². The minimum atomic E-state index is -0.851. The Balaban J connectivity index is 0.866. The van der Waals surface area contributed by atoms with Crippen molar-refractivity contribution in [2.45, 2.75) is 23.7 Å². The molecule has 14 aromatic carbocycles. The molecule has 14 aromatic rings. The second-order valence-electron chi connectivity index (χ2n) is 24.2. The molecule has 0 heterocycles. The van der Waals surface area contributed by atoms with Crippen LogP contribution in [0, 0.1) is 0 Å². The lowest BCUT2D eigenvalue weighted by molar-refractivity contribution is 0.751. The Hall–Kier alpha value is -11.3. The fourth-order valence-corrected chi connectivity index (χ4v) is 15.1. The minimum absolute atomic E-state index is 0.550. The maximum atomic E-state index is 2.48. The molecule has 3 aliphatic rings. The summed E-state index contributed by atoms with van der Waals surface area (Å²) in [5, 5.41) is 0. The first-order valence-corrected chi connectivity index (χ1v) is 31.5. The van der Waals surface area contributed by atoms with Gasteiger partial charge in [-0.3, -0.25) is 0 Å². The molecule has 0 aromatic heterocycles. The van der Waals surface area contributed by atoms with Crippen LogP contribution in [0.5, 0.6) is 0 Å².